The van der Waals surface area contributed by atoms with Crippen molar-refractivity contribution in [3.63, 3.8) is 0 Å². The fraction of sp³-hybridized carbons (Fsp3) is 1.00. The molecule has 0 saturated heterocycles. The van der Waals surface area contributed by atoms with Crippen molar-refractivity contribution in [2.75, 3.05) is 33.0 Å². The Hall–Kier alpha value is 0.390. The van der Waals surface area contributed by atoms with Gasteiger partial charge >= 0.3 is 130 Å². The van der Waals surface area contributed by atoms with E-state index in [1.54, 1.807) is 0 Å². The minimum atomic E-state index is -5.44. The van der Waals surface area contributed by atoms with Gasteiger partial charge in [-0.25, -0.2) is 0 Å². The molecule has 0 radical (unpaired) electrons. The van der Waals surface area contributed by atoms with Crippen molar-refractivity contribution in [2.24, 2.45) is 5.92 Å². The first-order chi connectivity index (χ1) is 9.54. The second-order valence-corrected chi connectivity index (χ2v) is 10.1. The van der Waals surface area contributed by atoms with Gasteiger partial charge in [0.2, 0.25) is 0 Å². The van der Waals surface area contributed by atoms with Crippen LogP contribution >= 0.6 is 28.5 Å². The first kappa shape index (κ1) is 22.4. The molecule has 0 heterocycles. The summed E-state index contributed by atoms with van der Waals surface area (Å²) in [4.78, 5) is 18.0. The molecular formula is C8H13Cl2F6O5P. The Bertz CT molecular complexity index is 315. The summed E-state index contributed by atoms with van der Waals surface area (Å²) in [5.41, 5.74) is 0. The molecule has 2 N–H and O–H groups in total. The number of hydrogen-bond donors (Lipinski definition) is 2. The van der Waals surface area contributed by atoms with Gasteiger partial charge in [0.15, 0.2) is 0 Å². The van der Waals surface area contributed by atoms with Crippen LogP contribution in [-0.4, -0.2) is 55.2 Å². The van der Waals surface area contributed by atoms with Crippen LogP contribution in [0.2, 0.25) is 0 Å². The molecule has 0 aromatic heterocycles. The fourth-order valence-corrected chi connectivity index (χ4v) is 1.85. The molecule has 0 rings (SSSR count). The van der Waals surface area contributed by atoms with E-state index in [0.29, 0.717) is 0 Å². The van der Waals surface area contributed by atoms with Crippen LogP contribution in [0, 0.1) is 5.92 Å². The van der Waals surface area contributed by atoms with Gasteiger partial charge in [0.25, 0.3) is 0 Å². The van der Waals surface area contributed by atoms with E-state index in [4.69, 9.17) is 32.3 Å². The molecule has 0 unspecified atom stereocenters. The molecule has 0 spiro atoms. The first-order valence-electron chi connectivity index (χ1n) is 5.43. The normalized spacial score (nSPS) is 15.9. The van der Waals surface area contributed by atoms with Gasteiger partial charge in [-0.2, -0.15) is 0 Å². The van der Waals surface area contributed by atoms with Crippen LogP contribution in [-0.2, 0) is 14.0 Å². The number of halogens is 8. The Labute approximate surface area is 130 Å². The van der Waals surface area contributed by atoms with E-state index < -0.39 is 57.3 Å². The van der Waals surface area contributed by atoms with Crippen LogP contribution in [0.1, 0.15) is 0 Å². The monoisotopic (exact) mass is 404 g/mol. The van der Waals surface area contributed by atoms with Crippen molar-refractivity contribution in [1.29, 1.82) is 0 Å². The maximum atomic E-state index is 11.9. The standard InChI is InChI=1S/C8H13Cl2F6O5P/c9-22(10,17,18)21-3-6(1-19-4-7(11,12)13)2-20-5-8(14,15)16/h6,17-18H,1-5H2. The Morgan fingerprint density at radius 2 is 1.18 bits per heavy atom. The third-order valence-electron chi connectivity index (χ3n) is 1.76. The summed E-state index contributed by atoms with van der Waals surface area (Å²) in [6.07, 6.45) is -9.27. The van der Waals surface area contributed by atoms with E-state index in [0.717, 1.165) is 0 Å². The topological polar surface area (TPSA) is 68.2 Å². The van der Waals surface area contributed by atoms with Crippen molar-refractivity contribution in [1.82, 2.24) is 0 Å². The van der Waals surface area contributed by atoms with Crippen molar-refractivity contribution < 1.29 is 50.1 Å². The second-order valence-electron chi connectivity index (χ2n) is 4.18. The average Bonchev–Trinajstić information content (AvgIpc) is 2.19. The van der Waals surface area contributed by atoms with Gasteiger partial charge in [0, 0.05) is 0 Å². The summed E-state index contributed by atoms with van der Waals surface area (Å²) in [6.45, 7) is -5.53. The predicted molar refractivity (Wildman–Crippen MR) is 66.3 cm³/mol. The van der Waals surface area contributed by atoms with Crippen LogP contribution < -0.4 is 0 Å². The third kappa shape index (κ3) is 16.8. The van der Waals surface area contributed by atoms with Crippen molar-refractivity contribution in [3.8, 4) is 0 Å². The molecule has 0 amide bonds. The van der Waals surface area contributed by atoms with Gasteiger partial charge in [-0.05, 0) is 0 Å². The number of ether oxygens (including phenoxy) is 2. The van der Waals surface area contributed by atoms with Crippen molar-refractivity contribution in [3.05, 3.63) is 0 Å². The molecule has 136 valence electrons. The van der Waals surface area contributed by atoms with Gasteiger partial charge in [0.1, 0.15) is 0 Å². The number of alkyl halides is 6. The Morgan fingerprint density at radius 3 is 1.45 bits per heavy atom. The summed E-state index contributed by atoms with van der Waals surface area (Å²) in [7, 11) is 0. The Morgan fingerprint density at radius 1 is 0.818 bits per heavy atom. The van der Waals surface area contributed by atoms with E-state index in [9.17, 15) is 26.3 Å². The predicted octanol–water partition coefficient (Wildman–Crippen LogP) is 3.37. The number of hydrogen-bond acceptors (Lipinski definition) is 5. The molecule has 0 aliphatic rings. The van der Waals surface area contributed by atoms with Gasteiger partial charge in [0.05, 0.1) is 0 Å². The third-order valence-corrected chi connectivity index (χ3v) is 2.92. The molecule has 0 aliphatic carbocycles. The van der Waals surface area contributed by atoms with Gasteiger partial charge in [-0.15, -0.1) is 0 Å². The molecule has 0 aromatic carbocycles. The van der Waals surface area contributed by atoms with Gasteiger partial charge in [-0.1, -0.05) is 0 Å². The Kier molecular flexibility index (Phi) is 8.12. The SMILES string of the molecule is OP(O)(Cl)(Cl)OCC(COCC(F)(F)F)COCC(F)(F)F. The summed E-state index contributed by atoms with van der Waals surface area (Å²) < 4.78 is 84.2. The maximum absolute atomic E-state index is 11.9. The molecule has 0 bridgehead atoms. The zero-order valence-corrected chi connectivity index (χ0v) is 13.1. The second kappa shape index (κ2) is 7.98. The summed E-state index contributed by atoms with van der Waals surface area (Å²) >= 11 is 9.98. The zero-order chi connectivity index (χ0) is 17.7. The van der Waals surface area contributed by atoms with Crippen LogP contribution in [0.25, 0.3) is 0 Å². The Balaban J connectivity index is 4.37. The molecule has 0 saturated carbocycles. The molecule has 0 aliphatic heterocycles. The molecule has 0 fully saturated rings. The van der Waals surface area contributed by atoms with E-state index in [-0.39, 0.29) is 0 Å². The average molecular weight is 405 g/mol. The summed E-state index contributed by atoms with van der Waals surface area (Å²) in [5, 5.41) is 0. The van der Waals surface area contributed by atoms with Crippen LogP contribution in [0.5, 0.6) is 0 Å². The van der Waals surface area contributed by atoms with Crippen molar-refractivity contribution >= 4 is 28.5 Å². The van der Waals surface area contributed by atoms with Gasteiger partial charge < -0.3 is 0 Å². The molecule has 0 atom stereocenters. The fourth-order valence-electron chi connectivity index (χ4n) is 1.06. The molecule has 5 nitrogen and oxygen atoms in total. The minimum absolute atomic E-state index is 0.725. The van der Waals surface area contributed by atoms with E-state index in [1.807, 2.05) is 0 Å². The first-order valence-corrected chi connectivity index (χ1v) is 9.30. The van der Waals surface area contributed by atoms with E-state index in [1.165, 1.54) is 0 Å². The molecule has 14 heteroatoms. The van der Waals surface area contributed by atoms with E-state index in [2.05, 4.69) is 14.0 Å². The van der Waals surface area contributed by atoms with Crippen LogP contribution in [0.3, 0.4) is 0 Å². The summed E-state index contributed by atoms with van der Waals surface area (Å²) in [5.74, 6) is -6.64. The zero-order valence-electron chi connectivity index (χ0n) is 10.7. The molecule has 22 heavy (non-hydrogen) atoms. The molecule has 0 aromatic rings. The summed E-state index contributed by atoms with van der Waals surface area (Å²) in [6, 6.07) is 0. The van der Waals surface area contributed by atoms with E-state index >= 15 is 0 Å². The molecular weight excluding hydrogens is 392 g/mol. The van der Waals surface area contributed by atoms with Gasteiger partial charge in [-0.3, -0.25) is 0 Å². The number of rotatable bonds is 9. The van der Waals surface area contributed by atoms with Crippen LogP contribution in [0.4, 0.5) is 26.3 Å². The van der Waals surface area contributed by atoms with Crippen molar-refractivity contribution in [2.45, 2.75) is 12.4 Å². The quantitative estimate of drug-likeness (QED) is 0.455. The van der Waals surface area contributed by atoms with Crippen LogP contribution in [0.15, 0.2) is 0 Å².